The van der Waals surface area contributed by atoms with Crippen molar-refractivity contribution in [3.63, 3.8) is 0 Å². The summed E-state index contributed by atoms with van der Waals surface area (Å²) in [6.45, 7) is 1.86. The molecule has 112 valence electrons. The number of para-hydroxylation sites is 2. The van der Waals surface area contributed by atoms with E-state index in [1.807, 2.05) is 43.3 Å². The number of fused-ring (bicyclic) bond motifs is 1. The number of nitrogens with zero attached hydrogens (tertiary/aromatic N) is 2. The van der Waals surface area contributed by atoms with Crippen LogP contribution in [0.5, 0.6) is 0 Å². The van der Waals surface area contributed by atoms with E-state index in [-0.39, 0.29) is 0 Å². The fraction of sp³-hybridized carbons (Fsp3) is 0.176. The van der Waals surface area contributed by atoms with E-state index in [4.69, 9.17) is 5.73 Å². The van der Waals surface area contributed by atoms with Crippen LogP contribution in [0, 0.1) is 0 Å². The second kappa shape index (κ2) is 5.52. The van der Waals surface area contributed by atoms with Gasteiger partial charge in [-0.05, 0) is 42.8 Å². The zero-order valence-electron chi connectivity index (χ0n) is 12.2. The van der Waals surface area contributed by atoms with Crippen LogP contribution < -0.4 is 5.73 Å². The average molecular weight is 295 g/mol. The molecule has 0 saturated carbocycles. The zero-order chi connectivity index (χ0) is 15.7. The summed E-state index contributed by atoms with van der Waals surface area (Å²) in [6.07, 6.45) is 0.484. The van der Waals surface area contributed by atoms with Crippen molar-refractivity contribution in [3.8, 4) is 11.4 Å². The van der Waals surface area contributed by atoms with Gasteiger partial charge >= 0.3 is 5.97 Å². The highest BCUT2D eigenvalue weighted by molar-refractivity contribution is 5.84. The monoisotopic (exact) mass is 295 g/mol. The molecule has 22 heavy (non-hydrogen) atoms. The summed E-state index contributed by atoms with van der Waals surface area (Å²) < 4.78 is 1.79. The van der Waals surface area contributed by atoms with Crippen molar-refractivity contribution in [2.75, 3.05) is 5.73 Å². The second-order valence-electron chi connectivity index (χ2n) is 5.18. The summed E-state index contributed by atoms with van der Waals surface area (Å²) >= 11 is 0. The van der Waals surface area contributed by atoms with E-state index in [0.717, 1.165) is 16.6 Å². The number of carboxylic acids is 1. The Morgan fingerprint density at radius 3 is 2.55 bits per heavy atom. The molecule has 0 radical (unpaired) electrons. The molecular formula is C17H17N3O2. The van der Waals surface area contributed by atoms with Crippen molar-refractivity contribution >= 4 is 22.7 Å². The lowest BCUT2D eigenvalue weighted by Crippen LogP contribution is -2.19. The molecule has 0 aliphatic rings. The largest absolute Gasteiger partial charge is 0.480 e. The normalized spacial score (nSPS) is 12.4. The Bertz CT molecular complexity index is 822. The zero-order valence-corrected chi connectivity index (χ0v) is 12.2. The maximum atomic E-state index is 11.6. The summed E-state index contributed by atoms with van der Waals surface area (Å²) in [5.41, 5.74) is 8.86. The van der Waals surface area contributed by atoms with Crippen molar-refractivity contribution < 1.29 is 9.90 Å². The maximum absolute atomic E-state index is 11.6. The molecule has 1 aromatic heterocycles. The Morgan fingerprint density at radius 1 is 1.23 bits per heavy atom. The van der Waals surface area contributed by atoms with Gasteiger partial charge < -0.3 is 15.4 Å². The van der Waals surface area contributed by atoms with E-state index in [0.29, 0.717) is 17.9 Å². The lowest BCUT2D eigenvalue weighted by Gasteiger charge is -2.16. The Balaban J connectivity index is 2.29. The number of benzene rings is 2. The third-order valence-electron chi connectivity index (χ3n) is 3.75. The van der Waals surface area contributed by atoms with Crippen LogP contribution >= 0.6 is 0 Å². The fourth-order valence-electron chi connectivity index (χ4n) is 2.66. The summed E-state index contributed by atoms with van der Waals surface area (Å²) in [5, 5.41) is 9.55. The fourth-order valence-corrected chi connectivity index (χ4v) is 2.66. The first-order chi connectivity index (χ1) is 10.6. The lowest BCUT2D eigenvalue weighted by molar-refractivity contribution is -0.140. The molecule has 1 atom stereocenters. The van der Waals surface area contributed by atoms with Gasteiger partial charge in [-0.1, -0.05) is 19.1 Å². The highest BCUT2D eigenvalue weighted by Gasteiger charge is 2.24. The molecule has 0 fully saturated rings. The Morgan fingerprint density at radius 2 is 1.91 bits per heavy atom. The van der Waals surface area contributed by atoms with Crippen LogP contribution in [-0.4, -0.2) is 20.6 Å². The lowest BCUT2D eigenvalue weighted by atomic mass is 10.1. The summed E-state index contributed by atoms with van der Waals surface area (Å²) in [4.78, 5) is 16.3. The molecule has 1 heterocycles. The minimum Gasteiger partial charge on any atom is -0.480 e. The van der Waals surface area contributed by atoms with Crippen LogP contribution in [0.2, 0.25) is 0 Å². The van der Waals surface area contributed by atoms with E-state index >= 15 is 0 Å². The Labute approximate surface area is 128 Å². The first-order valence-electron chi connectivity index (χ1n) is 7.17. The first-order valence-corrected chi connectivity index (χ1v) is 7.17. The van der Waals surface area contributed by atoms with Crippen LogP contribution in [0.3, 0.4) is 0 Å². The van der Waals surface area contributed by atoms with Gasteiger partial charge in [0.25, 0.3) is 0 Å². The molecule has 3 N–H and O–H groups in total. The number of carboxylic acid groups (broad SMARTS) is 1. The van der Waals surface area contributed by atoms with Crippen LogP contribution in [0.4, 0.5) is 5.69 Å². The Kier molecular flexibility index (Phi) is 3.55. The number of rotatable bonds is 4. The van der Waals surface area contributed by atoms with Gasteiger partial charge in [-0.2, -0.15) is 0 Å². The molecule has 0 amide bonds. The van der Waals surface area contributed by atoms with Gasteiger partial charge in [0.15, 0.2) is 0 Å². The predicted octanol–water partition coefficient (Wildman–Crippen LogP) is 3.32. The van der Waals surface area contributed by atoms with E-state index in [1.54, 1.807) is 16.7 Å². The van der Waals surface area contributed by atoms with E-state index < -0.39 is 12.0 Å². The third kappa shape index (κ3) is 2.30. The number of hydrogen-bond donors (Lipinski definition) is 2. The number of nitrogen functional groups attached to an aromatic ring is 1. The van der Waals surface area contributed by atoms with Crippen molar-refractivity contribution in [1.82, 2.24) is 9.55 Å². The molecule has 0 aliphatic heterocycles. The smallest absolute Gasteiger partial charge is 0.326 e. The van der Waals surface area contributed by atoms with Gasteiger partial charge in [0.2, 0.25) is 0 Å². The van der Waals surface area contributed by atoms with Crippen molar-refractivity contribution in [3.05, 3.63) is 48.5 Å². The van der Waals surface area contributed by atoms with Gasteiger partial charge in [0.05, 0.1) is 11.0 Å². The maximum Gasteiger partial charge on any atom is 0.326 e. The molecule has 5 heteroatoms. The van der Waals surface area contributed by atoms with E-state index in [9.17, 15) is 9.90 Å². The molecule has 0 spiro atoms. The minimum atomic E-state index is -0.859. The Hall–Kier alpha value is -2.82. The number of aromatic nitrogens is 2. The predicted molar refractivity (Wildman–Crippen MR) is 86.5 cm³/mol. The van der Waals surface area contributed by atoms with Crippen LogP contribution in [-0.2, 0) is 4.79 Å². The topological polar surface area (TPSA) is 81.1 Å². The van der Waals surface area contributed by atoms with Crippen LogP contribution in [0.15, 0.2) is 48.5 Å². The average Bonchev–Trinajstić information content (AvgIpc) is 2.88. The summed E-state index contributed by atoms with van der Waals surface area (Å²) in [5.74, 6) is -0.210. The second-order valence-corrected chi connectivity index (χ2v) is 5.18. The molecular weight excluding hydrogens is 278 g/mol. The summed E-state index contributed by atoms with van der Waals surface area (Å²) in [7, 11) is 0. The third-order valence-corrected chi connectivity index (χ3v) is 3.75. The quantitative estimate of drug-likeness (QED) is 0.723. The van der Waals surface area contributed by atoms with Gasteiger partial charge in [0.1, 0.15) is 11.9 Å². The van der Waals surface area contributed by atoms with E-state index in [1.165, 1.54) is 0 Å². The number of hydrogen-bond acceptors (Lipinski definition) is 3. The van der Waals surface area contributed by atoms with Gasteiger partial charge in [0, 0.05) is 11.3 Å². The highest BCUT2D eigenvalue weighted by atomic mass is 16.4. The summed E-state index contributed by atoms with van der Waals surface area (Å²) in [6, 6.07) is 14.2. The van der Waals surface area contributed by atoms with Crippen molar-refractivity contribution in [1.29, 1.82) is 0 Å². The first kappa shape index (κ1) is 14.1. The number of nitrogens with two attached hydrogens (primary N) is 1. The highest BCUT2D eigenvalue weighted by Crippen LogP contribution is 2.30. The molecule has 2 aromatic carbocycles. The van der Waals surface area contributed by atoms with Gasteiger partial charge in [-0.25, -0.2) is 9.78 Å². The molecule has 1 unspecified atom stereocenters. The number of aliphatic carboxylic acids is 1. The SMILES string of the molecule is CCC(C(=O)O)n1c(-c2ccc(N)cc2)nc2ccccc21. The molecule has 0 saturated heterocycles. The molecule has 0 bridgehead atoms. The van der Waals surface area contributed by atoms with Crippen molar-refractivity contribution in [2.45, 2.75) is 19.4 Å². The van der Waals surface area contributed by atoms with Crippen LogP contribution in [0.25, 0.3) is 22.4 Å². The molecule has 3 rings (SSSR count). The minimum absolute atomic E-state index is 0.484. The number of imidazole rings is 1. The van der Waals surface area contributed by atoms with Crippen LogP contribution in [0.1, 0.15) is 19.4 Å². The van der Waals surface area contributed by atoms with E-state index in [2.05, 4.69) is 4.98 Å². The van der Waals surface area contributed by atoms with Crippen molar-refractivity contribution in [2.24, 2.45) is 0 Å². The molecule has 0 aliphatic carbocycles. The standard InChI is InChI=1S/C17H17N3O2/c1-2-14(17(21)22)20-15-6-4-3-5-13(15)19-16(20)11-7-9-12(18)10-8-11/h3-10,14H,2,18H2,1H3,(H,21,22). The number of anilines is 1. The molecule has 3 aromatic rings. The number of carbonyl (C=O) groups is 1. The van der Waals surface area contributed by atoms with Gasteiger partial charge in [-0.15, -0.1) is 0 Å². The molecule has 5 nitrogen and oxygen atoms in total. The van der Waals surface area contributed by atoms with Gasteiger partial charge in [-0.3, -0.25) is 0 Å².